The van der Waals surface area contributed by atoms with Crippen molar-refractivity contribution in [2.45, 2.75) is 432 Å². The summed E-state index contributed by atoms with van der Waals surface area (Å²) in [4.78, 5) is 38.7. The van der Waals surface area contributed by atoms with Crippen molar-refractivity contribution in [2.24, 2.45) is 0 Å². The largest absolute Gasteiger partial charge is 0.477 e. The first-order chi connectivity index (χ1) is 47.4. The van der Waals surface area contributed by atoms with Crippen molar-refractivity contribution in [1.29, 1.82) is 0 Å². The van der Waals surface area contributed by atoms with Crippen LogP contribution in [0.2, 0.25) is 0 Å². The minimum Gasteiger partial charge on any atom is -0.477 e. The molecule has 23 heteroatoms. The van der Waals surface area contributed by atoms with Crippen LogP contribution >= 0.6 is 0 Å². The van der Waals surface area contributed by atoms with Crippen LogP contribution in [0.1, 0.15) is 323 Å². The Balaban J connectivity index is 1.53. The third kappa shape index (κ3) is 36.0. The van der Waals surface area contributed by atoms with E-state index in [9.17, 15) is 75.7 Å². The summed E-state index contributed by atoms with van der Waals surface area (Å²) in [6.07, 6.45) is 26.6. The number of unbranched alkanes of at least 4 members (excludes halogenated alkanes) is 42. The predicted molar refractivity (Wildman–Crippen MR) is 375 cm³/mol. The zero-order chi connectivity index (χ0) is 71.8. The van der Waals surface area contributed by atoms with Crippen LogP contribution in [0.3, 0.4) is 0 Å². The number of carbonyl (C=O) groups excluding carboxylic acids is 2. The van der Waals surface area contributed by atoms with Gasteiger partial charge in [0.05, 0.1) is 50.7 Å². The van der Waals surface area contributed by atoms with E-state index in [0.29, 0.717) is 19.3 Å². The summed E-state index contributed by atoms with van der Waals surface area (Å²) in [6.45, 7) is 2.26. The predicted octanol–water partition coefficient (Wildman–Crippen LogP) is 9.63. The number of aliphatic hydroxyl groups is 11. The first kappa shape index (κ1) is 89.9. The maximum atomic E-state index is 13.5. The van der Waals surface area contributed by atoms with Gasteiger partial charge in [0.15, 0.2) is 12.6 Å². The molecule has 18 unspecified atom stereocenters. The summed E-state index contributed by atoms with van der Waals surface area (Å²) >= 11 is 0. The van der Waals surface area contributed by atoms with E-state index in [4.69, 9.17) is 28.4 Å². The molecule has 18 atom stereocenters. The molecule has 3 rings (SSSR count). The Hall–Kier alpha value is -2.27. The SMILES string of the molecule is CCCCCCCCCCCCCCCCCCCCCCCCCCCC(O)C(COC1OC(CO)C(OC2OC(CO)C(O)C(OC3(C(=O)O)CC(O)C(NC(C)=O)C(C(O)C(O)CO)O3)C2O)C(O)C1O)NC(=O)CCCCCCCCCCCCCCCCCCCCC. The Morgan fingerprint density at radius 2 is 0.888 bits per heavy atom. The average Bonchev–Trinajstić information content (AvgIpc) is 0.756. The number of hydrogen-bond donors (Lipinski definition) is 14. The topological polar surface area (TPSA) is 373 Å². The molecule has 0 spiro atoms. The van der Waals surface area contributed by atoms with E-state index in [1.165, 1.54) is 225 Å². The zero-order valence-electron chi connectivity index (χ0n) is 60.9. The molecule has 14 N–H and O–H groups in total. The number of aliphatic carboxylic acids is 1. The monoisotopic (exact) mass is 1410 g/mol. The van der Waals surface area contributed by atoms with Crippen molar-refractivity contribution in [2.75, 3.05) is 26.4 Å². The lowest BCUT2D eigenvalue weighted by molar-refractivity contribution is -0.386. The first-order valence-corrected chi connectivity index (χ1v) is 39.4. The number of rotatable bonds is 62. The Morgan fingerprint density at radius 3 is 1.28 bits per heavy atom. The van der Waals surface area contributed by atoms with Gasteiger partial charge in [-0.3, -0.25) is 9.59 Å². The van der Waals surface area contributed by atoms with Gasteiger partial charge in [-0.05, 0) is 12.8 Å². The van der Waals surface area contributed by atoms with E-state index in [0.717, 1.165) is 51.9 Å². The highest BCUT2D eigenvalue weighted by Gasteiger charge is 2.60. The number of carbonyl (C=O) groups is 3. The molecule has 0 saturated carbocycles. The van der Waals surface area contributed by atoms with Crippen LogP contribution in [0.5, 0.6) is 0 Å². The van der Waals surface area contributed by atoms with Gasteiger partial charge in [-0.2, -0.15) is 0 Å². The number of nitrogens with one attached hydrogen (secondary N) is 2. The number of hydrogen-bond acceptors (Lipinski definition) is 20. The molecule has 3 aliphatic rings. The molecule has 0 aromatic carbocycles. The smallest absolute Gasteiger partial charge is 0.364 e. The van der Waals surface area contributed by atoms with Crippen LogP contribution in [0, 0.1) is 0 Å². The molecule has 3 heterocycles. The third-order valence-electron chi connectivity index (χ3n) is 20.3. The van der Waals surface area contributed by atoms with E-state index in [2.05, 4.69) is 24.5 Å². The quantitative estimate of drug-likeness (QED) is 0.0252. The van der Waals surface area contributed by atoms with Crippen molar-refractivity contribution >= 4 is 17.8 Å². The van der Waals surface area contributed by atoms with Gasteiger partial charge < -0.3 is 100 Å². The van der Waals surface area contributed by atoms with E-state index < -0.39 is 148 Å². The van der Waals surface area contributed by atoms with E-state index >= 15 is 0 Å². The number of ether oxygens (including phenoxy) is 6. The van der Waals surface area contributed by atoms with Gasteiger partial charge in [0.2, 0.25) is 11.8 Å². The van der Waals surface area contributed by atoms with Gasteiger partial charge in [0.1, 0.15) is 67.1 Å². The summed E-state index contributed by atoms with van der Waals surface area (Å²) in [5, 5.41) is 136. The molecule has 2 amide bonds. The van der Waals surface area contributed by atoms with Crippen LogP contribution in [0.4, 0.5) is 0 Å². The Labute approximate surface area is 589 Å². The van der Waals surface area contributed by atoms with Crippen LogP contribution in [0.15, 0.2) is 0 Å². The van der Waals surface area contributed by atoms with Crippen LogP contribution in [0.25, 0.3) is 0 Å². The highest BCUT2D eigenvalue weighted by Crippen LogP contribution is 2.39. The Bertz CT molecular complexity index is 1970. The van der Waals surface area contributed by atoms with Crippen molar-refractivity contribution in [1.82, 2.24) is 10.6 Å². The van der Waals surface area contributed by atoms with Crippen molar-refractivity contribution in [3.8, 4) is 0 Å². The summed E-state index contributed by atoms with van der Waals surface area (Å²) in [5.74, 6) is -6.09. The lowest BCUT2D eigenvalue weighted by atomic mass is 9.88. The lowest BCUT2D eigenvalue weighted by Gasteiger charge is -2.50. The molecule has 3 aliphatic heterocycles. The summed E-state index contributed by atoms with van der Waals surface area (Å²) < 4.78 is 35.0. The van der Waals surface area contributed by atoms with Crippen molar-refractivity contribution in [3.05, 3.63) is 0 Å². The highest BCUT2D eigenvalue weighted by molar-refractivity contribution is 5.77. The molecule has 0 aliphatic carbocycles. The molecule has 578 valence electrons. The number of aliphatic hydroxyl groups excluding tert-OH is 11. The fraction of sp³-hybridized carbons (Fsp3) is 0.960. The summed E-state index contributed by atoms with van der Waals surface area (Å²) in [7, 11) is 0. The average molecular weight is 1410 g/mol. The minimum atomic E-state index is -3.08. The second-order valence-electron chi connectivity index (χ2n) is 28.9. The third-order valence-corrected chi connectivity index (χ3v) is 20.3. The summed E-state index contributed by atoms with van der Waals surface area (Å²) in [5.41, 5.74) is 0. The van der Waals surface area contributed by atoms with Gasteiger partial charge >= 0.3 is 5.97 Å². The molecule has 23 nitrogen and oxygen atoms in total. The van der Waals surface area contributed by atoms with E-state index in [-0.39, 0.29) is 18.9 Å². The molecule has 3 saturated heterocycles. The number of carboxylic acid groups (broad SMARTS) is 1. The molecular formula is C75H142N2O21. The highest BCUT2D eigenvalue weighted by atomic mass is 16.8. The van der Waals surface area contributed by atoms with Gasteiger partial charge in [-0.25, -0.2) is 4.79 Å². The van der Waals surface area contributed by atoms with Gasteiger partial charge in [-0.1, -0.05) is 290 Å². The lowest BCUT2D eigenvalue weighted by Crippen LogP contribution is -2.70. The van der Waals surface area contributed by atoms with Gasteiger partial charge in [-0.15, -0.1) is 0 Å². The number of carboxylic acids is 1. The molecule has 0 bridgehead atoms. The zero-order valence-corrected chi connectivity index (χ0v) is 60.9. The fourth-order valence-electron chi connectivity index (χ4n) is 14.1. The Morgan fingerprint density at radius 1 is 0.490 bits per heavy atom. The van der Waals surface area contributed by atoms with E-state index in [1.807, 2.05) is 0 Å². The Kier molecular flexibility index (Phi) is 50.7. The van der Waals surface area contributed by atoms with Gasteiger partial charge in [0.25, 0.3) is 5.79 Å². The second-order valence-corrected chi connectivity index (χ2v) is 28.9. The minimum absolute atomic E-state index is 0.230. The van der Waals surface area contributed by atoms with Gasteiger partial charge in [0, 0.05) is 19.8 Å². The van der Waals surface area contributed by atoms with Crippen LogP contribution in [-0.2, 0) is 42.8 Å². The van der Waals surface area contributed by atoms with Crippen LogP contribution < -0.4 is 10.6 Å². The molecule has 0 radical (unpaired) electrons. The normalized spacial score (nSPS) is 27.2. The van der Waals surface area contributed by atoms with Crippen molar-refractivity contribution in [3.63, 3.8) is 0 Å². The number of amides is 2. The fourth-order valence-corrected chi connectivity index (χ4v) is 14.1. The van der Waals surface area contributed by atoms with Crippen molar-refractivity contribution < 1.29 is 104 Å². The molecule has 0 aromatic rings. The van der Waals surface area contributed by atoms with E-state index in [1.54, 1.807) is 0 Å². The molecular weight excluding hydrogens is 1260 g/mol. The molecule has 3 fully saturated rings. The second kappa shape index (κ2) is 55.3. The van der Waals surface area contributed by atoms with Crippen LogP contribution in [-0.4, -0.2) is 215 Å². The first-order valence-electron chi connectivity index (χ1n) is 39.4. The maximum absolute atomic E-state index is 13.5. The molecule has 98 heavy (non-hydrogen) atoms. The standard InChI is InChI=1S/C75H142N2O21/c1-4-6-8-10-12-14-16-18-20-22-24-25-26-27-28-29-31-32-34-36-38-40-42-44-46-48-57(82)56(77-62(85)49-47-45-43-41-39-37-35-33-30-23-21-19-17-15-13-11-9-7-5-2)54-93-72-67(89)66(88)69(61(53-80)95-72)96-73-68(90)71(65(87)60(52-79)94-73)98-75(74(91)92)50-58(83)63(76-55(3)81)70(97-75)64(86)59(84)51-78/h56-61,63-73,78-80,82-84,86-90H,4-54H2,1-3H3,(H,76,81)(H,77,85)(H,91,92). The maximum Gasteiger partial charge on any atom is 0.364 e. The summed E-state index contributed by atoms with van der Waals surface area (Å²) in [6, 6.07) is -2.53. The molecule has 0 aromatic heterocycles.